The summed E-state index contributed by atoms with van der Waals surface area (Å²) in [5.41, 5.74) is 5.67. The van der Waals surface area contributed by atoms with Crippen molar-refractivity contribution in [2.45, 2.75) is 27.2 Å². The molecule has 3 rings (SSSR count). The van der Waals surface area contributed by atoms with Gasteiger partial charge in [-0.3, -0.25) is 4.79 Å². The van der Waals surface area contributed by atoms with Crippen molar-refractivity contribution in [1.29, 1.82) is 0 Å². The highest BCUT2D eigenvalue weighted by Crippen LogP contribution is 2.38. The summed E-state index contributed by atoms with van der Waals surface area (Å²) in [6, 6.07) is 20.4. The Labute approximate surface area is 193 Å². The van der Waals surface area contributed by atoms with Crippen molar-refractivity contribution in [3.63, 3.8) is 0 Å². The number of hydrogen-bond acceptors (Lipinski definition) is 2. The van der Waals surface area contributed by atoms with E-state index in [2.05, 4.69) is 12.2 Å². The number of allylic oxidation sites excluding steroid dienone is 1. The average Bonchev–Trinajstić information content (AvgIpc) is 2.74. The summed E-state index contributed by atoms with van der Waals surface area (Å²) in [6.45, 7) is 5.80. The van der Waals surface area contributed by atoms with Crippen molar-refractivity contribution in [2.24, 2.45) is 5.92 Å². The van der Waals surface area contributed by atoms with E-state index in [1.54, 1.807) is 18.2 Å². The second-order valence-electron chi connectivity index (χ2n) is 7.60. The van der Waals surface area contributed by atoms with Gasteiger partial charge in [0.1, 0.15) is 5.75 Å². The maximum absolute atomic E-state index is 12.0. The SMILES string of the molecule is CC/C(=C(/c1ccc(O)cc1)c1ccc(NC(=O)C(C)C)cc1)c1ccc(Cl)cc1Cl. The topological polar surface area (TPSA) is 49.3 Å². The normalized spacial score (nSPS) is 11.9. The van der Waals surface area contributed by atoms with Crippen LogP contribution in [0.25, 0.3) is 11.1 Å². The van der Waals surface area contributed by atoms with Crippen LogP contribution in [0, 0.1) is 5.92 Å². The molecule has 0 spiro atoms. The molecule has 160 valence electrons. The monoisotopic (exact) mass is 453 g/mol. The molecule has 0 bridgehead atoms. The van der Waals surface area contributed by atoms with Gasteiger partial charge in [0.05, 0.1) is 0 Å². The first-order valence-corrected chi connectivity index (χ1v) is 10.9. The Morgan fingerprint density at radius 2 is 1.52 bits per heavy atom. The fraction of sp³-hybridized carbons (Fsp3) is 0.192. The van der Waals surface area contributed by atoms with Gasteiger partial charge >= 0.3 is 0 Å². The summed E-state index contributed by atoms with van der Waals surface area (Å²) in [5.74, 6) is 0.0903. The van der Waals surface area contributed by atoms with E-state index in [1.165, 1.54) is 0 Å². The van der Waals surface area contributed by atoms with Crippen LogP contribution in [0.5, 0.6) is 5.75 Å². The third kappa shape index (κ3) is 5.49. The van der Waals surface area contributed by atoms with Gasteiger partial charge in [-0.05, 0) is 70.7 Å². The molecule has 0 aliphatic heterocycles. The highest BCUT2D eigenvalue weighted by Gasteiger charge is 2.16. The molecule has 0 saturated heterocycles. The molecule has 3 aromatic rings. The summed E-state index contributed by atoms with van der Waals surface area (Å²) in [7, 11) is 0. The molecule has 0 aromatic heterocycles. The predicted molar refractivity (Wildman–Crippen MR) is 131 cm³/mol. The summed E-state index contributed by atoms with van der Waals surface area (Å²) in [4.78, 5) is 12.0. The molecule has 0 radical (unpaired) electrons. The lowest BCUT2D eigenvalue weighted by molar-refractivity contribution is -0.118. The molecule has 3 nitrogen and oxygen atoms in total. The molecule has 5 heteroatoms. The minimum atomic E-state index is -0.0918. The molecule has 0 atom stereocenters. The van der Waals surface area contributed by atoms with E-state index in [4.69, 9.17) is 23.2 Å². The molecule has 2 N–H and O–H groups in total. The first-order chi connectivity index (χ1) is 14.8. The maximum Gasteiger partial charge on any atom is 0.226 e. The van der Waals surface area contributed by atoms with Crippen molar-refractivity contribution in [3.8, 4) is 5.75 Å². The average molecular weight is 454 g/mol. The standard InChI is InChI=1S/C26H25Cl2NO2/c1-4-22(23-14-9-19(27)15-24(23)28)25(18-7-12-21(30)13-8-18)17-5-10-20(11-6-17)29-26(31)16(2)3/h5-16,30H,4H2,1-3H3,(H,29,31)/b25-22-. The second-order valence-corrected chi connectivity index (χ2v) is 8.44. The van der Waals surface area contributed by atoms with Gasteiger partial charge in [0.15, 0.2) is 0 Å². The number of benzene rings is 3. The number of aromatic hydroxyl groups is 1. The van der Waals surface area contributed by atoms with E-state index < -0.39 is 0 Å². The second kappa shape index (κ2) is 10.0. The summed E-state index contributed by atoms with van der Waals surface area (Å²) in [5, 5.41) is 13.9. The predicted octanol–water partition coefficient (Wildman–Crippen LogP) is 7.66. The number of carbonyl (C=O) groups is 1. The lowest BCUT2D eigenvalue weighted by atomic mass is 9.88. The lowest BCUT2D eigenvalue weighted by Gasteiger charge is -2.18. The van der Waals surface area contributed by atoms with Crippen molar-refractivity contribution < 1.29 is 9.90 Å². The number of anilines is 1. The molecule has 0 fully saturated rings. The van der Waals surface area contributed by atoms with Gasteiger partial charge in [0.2, 0.25) is 5.91 Å². The van der Waals surface area contributed by atoms with Gasteiger partial charge in [-0.15, -0.1) is 0 Å². The zero-order valence-electron chi connectivity index (χ0n) is 17.7. The third-order valence-electron chi connectivity index (χ3n) is 5.03. The van der Waals surface area contributed by atoms with E-state index >= 15 is 0 Å². The van der Waals surface area contributed by atoms with Crippen molar-refractivity contribution in [3.05, 3.63) is 93.5 Å². The molecular weight excluding hydrogens is 429 g/mol. The van der Waals surface area contributed by atoms with E-state index in [1.807, 2.05) is 62.4 Å². The number of nitrogens with one attached hydrogen (secondary N) is 1. The molecule has 0 saturated carbocycles. The molecule has 0 unspecified atom stereocenters. The van der Waals surface area contributed by atoms with Crippen LogP contribution < -0.4 is 5.32 Å². The zero-order chi connectivity index (χ0) is 22.5. The van der Waals surface area contributed by atoms with Crippen LogP contribution in [0.15, 0.2) is 66.7 Å². The third-order valence-corrected chi connectivity index (χ3v) is 5.58. The van der Waals surface area contributed by atoms with Crippen LogP contribution in [0.2, 0.25) is 10.0 Å². The lowest BCUT2D eigenvalue weighted by Crippen LogP contribution is -2.17. The Balaban J connectivity index is 2.16. The first kappa shape index (κ1) is 22.9. The fourth-order valence-corrected chi connectivity index (χ4v) is 3.91. The zero-order valence-corrected chi connectivity index (χ0v) is 19.3. The number of amides is 1. The maximum atomic E-state index is 12.0. The van der Waals surface area contributed by atoms with Crippen LogP contribution in [0.3, 0.4) is 0 Å². The van der Waals surface area contributed by atoms with Crippen molar-refractivity contribution in [1.82, 2.24) is 0 Å². The van der Waals surface area contributed by atoms with Gasteiger partial charge in [0.25, 0.3) is 0 Å². The van der Waals surface area contributed by atoms with Gasteiger partial charge in [0, 0.05) is 21.7 Å². The number of carbonyl (C=O) groups excluding carboxylic acids is 1. The van der Waals surface area contributed by atoms with Crippen LogP contribution in [-0.2, 0) is 4.79 Å². The minimum Gasteiger partial charge on any atom is -0.508 e. The van der Waals surface area contributed by atoms with Crippen molar-refractivity contribution in [2.75, 3.05) is 5.32 Å². The Bertz CT molecular complexity index is 1100. The fourth-order valence-electron chi connectivity index (χ4n) is 3.39. The van der Waals surface area contributed by atoms with Crippen LogP contribution in [0.1, 0.15) is 43.9 Å². The number of phenols is 1. The summed E-state index contributed by atoms with van der Waals surface area (Å²) >= 11 is 12.7. The van der Waals surface area contributed by atoms with Gasteiger partial charge < -0.3 is 10.4 Å². The van der Waals surface area contributed by atoms with Gasteiger partial charge in [-0.2, -0.15) is 0 Å². The van der Waals surface area contributed by atoms with Crippen LogP contribution in [0.4, 0.5) is 5.69 Å². The number of hydrogen-bond donors (Lipinski definition) is 2. The molecule has 0 heterocycles. The molecule has 1 amide bonds. The largest absolute Gasteiger partial charge is 0.508 e. The van der Waals surface area contributed by atoms with E-state index in [0.29, 0.717) is 10.0 Å². The Morgan fingerprint density at radius 1 is 0.935 bits per heavy atom. The summed E-state index contributed by atoms with van der Waals surface area (Å²) in [6.07, 6.45) is 0.739. The number of rotatable bonds is 6. The van der Waals surface area contributed by atoms with E-state index in [9.17, 15) is 9.90 Å². The highest BCUT2D eigenvalue weighted by atomic mass is 35.5. The Hall–Kier alpha value is -2.75. The molecule has 0 aliphatic carbocycles. The van der Waals surface area contributed by atoms with Crippen molar-refractivity contribution >= 4 is 45.9 Å². The quantitative estimate of drug-likeness (QED) is 0.376. The van der Waals surface area contributed by atoms with Crippen LogP contribution >= 0.6 is 23.2 Å². The first-order valence-electron chi connectivity index (χ1n) is 10.2. The molecule has 0 aliphatic rings. The minimum absolute atomic E-state index is 0.0238. The molecular formula is C26H25Cl2NO2. The molecule has 31 heavy (non-hydrogen) atoms. The van der Waals surface area contributed by atoms with Crippen LogP contribution in [-0.4, -0.2) is 11.0 Å². The van der Waals surface area contributed by atoms with Gasteiger partial charge in [-0.1, -0.05) is 74.3 Å². The smallest absolute Gasteiger partial charge is 0.226 e. The van der Waals surface area contributed by atoms with E-state index in [-0.39, 0.29) is 17.6 Å². The highest BCUT2D eigenvalue weighted by molar-refractivity contribution is 6.36. The Morgan fingerprint density at radius 3 is 2.03 bits per heavy atom. The Kier molecular flexibility index (Phi) is 7.42. The molecule has 3 aromatic carbocycles. The number of halogens is 2. The van der Waals surface area contributed by atoms with Gasteiger partial charge in [-0.25, -0.2) is 0 Å². The van der Waals surface area contributed by atoms with E-state index in [0.717, 1.165) is 39.9 Å². The summed E-state index contributed by atoms with van der Waals surface area (Å²) < 4.78 is 0. The number of phenolic OH excluding ortho intramolecular Hbond substituents is 1.